The fraction of sp³-hybridized carbons (Fsp3) is 0.167. The van der Waals surface area contributed by atoms with Gasteiger partial charge in [-0.05, 0) is 18.6 Å². The van der Waals surface area contributed by atoms with Crippen LogP contribution in [0.4, 0.5) is 5.82 Å². The highest BCUT2D eigenvalue weighted by Crippen LogP contribution is 2.34. The predicted molar refractivity (Wildman–Crippen MR) is 87.9 cm³/mol. The van der Waals surface area contributed by atoms with E-state index in [1.807, 2.05) is 59.2 Å². The van der Waals surface area contributed by atoms with Crippen LogP contribution in [0.3, 0.4) is 0 Å². The highest BCUT2D eigenvalue weighted by atomic mass is 16.4. The monoisotopic (exact) mass is 294 g/mol. The first-order chi connectivity index (χ1) is 10.6. The molecule has 4 nitrogen and oxygen atoms in total. The van der Waals surface area contributed by atoms with Crippen molar-refractivity contribution >= 4 is 22.7 Å². The van der Waals surface area contributed by atoms with Gasteiger partial charge in [-0.15, -0.1) is 0 Å². The van der Waals surface area contributed by atoms with Crippen molar-refractivity contribution in [3.05, 3.63) is 65.7 Å². The molecule has 3 aromatic rings. The van der Waals surface area contributed by atoms with E-state index in [1.165, 1.54) is 0 Å². The van der Waals surface area contributed by atoms with Crippen molar-refractivity contribution in [2.75, 3.05) is 5.73 Å². The molecule has 2 aromatic carbocycles. The summed E-state index contributed by atoms with van der Waals surface area (Å²) in [4.78, 5) is 11.4. The summed E-state index contributed by atoms with van der Waals surface area (Å²) in [7, 11) is 0. The summed E-state index contributed by atoms with van der Waals surface area (Å²) in [6, 6.07) is 17.8. The second-order valence-corrected chi connectivity index (χ2v) is 5.45. The Morgan fingerprint density at radius 1 is 1.14 bits per heavy atom. The lowest BCUT2D eigenvalue weighted by molar-refractivity contribution is -0.138. The molecule has 3 rings (SSSR count). The van der Waals surface area contributed by atoms with Gasteiger partial charge in [0.15, 0.2) is 0 Å². The van der Waals surface area contributed by atoms with E-state index in [-0.39, 0.29) is 0 Å². The molecule has 1 unspecified atom stereocenters. The maximum Gasteiger partial charge on any atom is 0.310 e. The topological polar surface area (TPSA) is 68.2 Å². The highest BCUT2D eigenvalue weighted by molar-refractivity contribution is 5.94. The van der Waals surface area contributed by atoms with Crippen molar-refractivity contribution in [1.29, 1.82) is 0 Å². The fourth-order valence-corrected chi connectivity index (χ4v) is 2.86. The second-order valence-electron chi connectivity index (χ2n) is 5.45. The lowest BCUT2D eigenvalue weighted by atomic mass is 10.00. The zero-order valence-corrected chi connectivity index (χ0v) is 12.4. The third-order valence-electron chi connectivity index (χ3n) is 4.04. The summed E-state index contributed by atoms with van der Waals surface area (Å²) in [5.41, 5.74) is 9.09. The number of carboxylic acid groups (broad SMARTS) is 1. The molecule has 0 aliphatic carbocycles. The van der Waals surface area contributed by atoms with Crippen LogP contribution in [0.2, 0.25) is 0 Å². The number of aromatic nitrogens is 1. The van der Waals surface area contributed by atoms with Crippen molar-refractivity contribution in [2.45, 2.75) is 19.4 Å². The molecule has 22 heavy (non-hydrogen) atoms. The first-order valence-electron chi connectivity index (χ1n) is 7.23. The van der Waals surface area contributed by atoms with Crippen molar-refractivity contribution in [3.63, 3.8) is 0 Å². The Morgan fingerprint density at radius 2 is 1.77 bits per heavy atom. The standard InChI is InChI=1S/C18H18N2O2/c1-12(18(21)22)16-14-9-5-6-10-15(14)20(17(16)19)11-13-7-3-2-4-8-13/h2-10,12H,11,19H2,1H3,(H,21,22). The molecule has 0 aliphatic rings. The molecule has 0 fully saturated rings. The zero-order chi connectivity index (χ0) is 15.7. The molecule has 4 heteroatoms. The van der Waals surface area contributed by atoms with E-state index >= 15 is 0 Å². The molecule has 0 saturated heterocycles. The summed E-state index contributed by atoms with van der Waals surface area (Å²) >= 11 is 0. The van der Waals surface area contributed by atoms with Gasteiger partial charge in [-0.2, -0.15) is 0 Å². The predicted octanol–water partition coefficient (Wildman–Crippen LogP) is 3.46. The van der Waals surface area contributed by atoms with Crippen LogP contribution in [0.25, 0.3) is 10.9 Å². The molecule has 0 spiro atoms. The number of rotatable bonds is 4. The van der Waals surface area contributed by atoms with Crippen molar-refractivity contribution in [1.82, 2.24) is 4.57 Å². The van der Waals surface area contributed by atoms with Crippen molar-refractivity contribution in [2.24, 2.45) is 0 Å². The number of nitrogens with two attached hydrogens (primary N) is 1. The number of carboxylic acids is 1. The number of aliphatic carboxylic acids is 1. The number of carbonyl (C=O) groups is 1. The zero-order valence-electron chi connectivity index (χ0n) is 12.4. The number of hydrogen-bond acceptors (Lipinski definition) is 2. The van der Waals surface area contributed by atoms with Gasteiger partial charge < -0.3 is 15.4 Å². The maximum atomic E-state index is 11.4. The van der Waals surface area contributed by atoms with E-state index in [2.05, 4.69) is 0 Å². The minimum absolute atomic E-state index is 0.528. The van der Waals surface area contributed by atoms with E-state index in [1.54, 1.807) is 6.92 Å². The Labute approximate surface area is 128 Å². The van der Waals surface area contributed by atoms with Crippen LogP contribution in [0.1, 0.15) is 24.0 Å². The van der Waals surface area contributed by atoms with Gasteiger partial charge in [0.1, 0.15) is 5.82 Å². The summed E-state index contributed by atoms with van der Waals surface area (Å²) in [5.74, 6) is -0.976. The summed E-state index contributed by atoms with van der Waals surface area (Å²) in [6.45, 7) is 2.30. The van der Waals surface area contributed by atoms with Crippen LogP contribution in [0, 0.1) is 0 Å². The molecule has 0 radical (unpaired) electrons. The Hall–Kier alpha value is -2.75. The minimum atomic E-state index is -0.866. The van der Waals surface area contributed by atoms with Gasteiger partial charge in [-0.25, -0.2) is 0 Å². The normalized spacial score (nSPS) is 12.4. The molecule has 0 aliphatic heterocycles. The smallest absolute Gasteiger partial charge is 0.310 e. The summed E-state index contributed by atoms with van der Waals surface area (Å²) in [6.07, 6.45) is 0. The van der Waals surface area contributed by atoms with Gasteiger partial charge in [0, 0.05) is 17.5 Å². The second kappa shape index (κ2) is 5.56. The lowest BCUT2D eigenvalue weighted by Crippen LogP contribution is -2.11. The van der Waals surface area contributed by atoms with Gasteiger partial charge in [-0.1, -0.05) is 48.5 Å². The third kappa shape index (κ3) is 2.33. The fourth-order valence-electron chi connectivity index (χ4n) is 2.86. The van der Waals surface area contributed by atoms with Gasteiger partial charge in [0.05, 0.1) is 11.4 Å². The quantitative estimate of drug-likeness (QED) is 0.774. The van der Waals surface area contributed by atoms with E-state index in [0.717, 1.165) is 16.5 Å². The number of nitrogen functional groups attached to an aromatic ring is 1. The highest BCUT2D eigenvalue weighted by Gasteiger charge is 2.24. The Balaban J connectivity index is 2.18. The van der Waals surface area contributed by atoms with E-state index < -0.39 is 11.9 Å². The lowest BCUT2D eigenvalue weighted by Gasteiger charge is -2.10. The first kappa shape index (κ1) is 14.2. The minimum Gasteiger partial charge on any atom is -0.481 e. The van der Waals surface area contributed by atoms with Crippen LogP contribution in [0.15, 0.2) is 54.6 Å². The molecule has 1 atom stereocenters. The average Bonchev–Trinajstić information content (AvgIpc) is 2.80. The summed E-state index contributed by atoms with van der Waals surface area (Å²) in [5, 5.41) is 10.3. The third-order valence-corrected chi connectivity index (χ3v) is 4.04. The van der Waals surface area contributed by atoms with E-state index in [4.69, 9.17) is 5.73 Å². The van der Waals surface area contributed by atoms with Gasteiger partial charge in [0.2, 0.25) is 0 Å². The summed E-state index contributed by atoms with van der Waals surface area (Å²) < 4.78 is 1.99. The molecular weight excluding hydrogens is 276 g/mol. The van der Waals surface area contributed by atoms with Gasteiger partial charge >= 0.3 is 5.97 Å². The number of anilines is 1. The van der Waals surface area contributed by atoms with E-state index in [9.17, 15) is 9.90 Å². The van der Waals surface area contributed by atoms with Gasteiger partial charge in [-0.3, -0.25) is 4.79 Å². The first-order valence-corrected chi connectivity index (χ1v) is 7.23. The molecule has 1 aromatic heterocycles. The number of benzene rings is 2. The van der Waals surface area contributed by atoms with Crippen LogP contribution in [-0.2, 0) is 11.3 Å². The van der Waals surface area contributed by atoms with Crippen LogP contribution >= 0.6 is 0 Å². The molecular formula is C18H18N2O2. The molecule has 112 valence electrons. The Bertz CT molecular complexity index is 822. The molecule has 0 amide bonds. The number of hydrogen-bond donors (Lipinski definition) is 2. The van der Waals surface area contributed by atoms with Crippen LogP contribution < -0.4 is 5.73 Å². The maximum absolute atomic E-state index is 11.4. The number of para-hydroxylation sites is 1. The molecule has 0 saturated carbocycles. The van der Waals surface area contributed by atoms with Crippen molar-refractivity contribution in [3.8, 4) is 0 Å². The van der Waals surface area contributed by atoms with Crippen LogP contribution in [0.5, 0.6) is 0 Å². The van der Waals surface area contributed by atoms with E-state index in [0.29, 0.717) is 17.9 Å². The average molecular weight is 294 g/mol. The van der Waals surface area contributed by atoms with Crippen molar-refractivity contribution < 1.29 is 9.90 Å². The molecule has 0 bridgehead atoms. The number of fused-ring (bicyclic) bond motifs is 1. The Kier molecular flexibility index (Phi) is 3.59. The SMILES string of the molecule is CC(C(=O)O)c1c(N)n(Cc2ccccc2)c2ccccc12. The number of nitrogens with zero attached hydrogens (tertiary/aromatic N) is 1. The van der Waals surface area contributed by atoms with Gasteiger partial charge in [0.25, 0.3) is 0 Å². The molecule has 3 N–H and O–H groups in total. The largest absolute Gasteiger partial charge is 0.481 e. The van der Waals surface area contributed by atoms with Crippen LogP contribution in [-0.4, -0.2) is 15.6 Å². The molecule has 1 heterocycles. The Morgan fingerprint density at radius 3 is 2.45 bits per heavy atom.